The van der Waals surface area contributed by atoms with Crippen LogP contribution in [0.4, 0.5) is 5.69 Å². The Bertz CT molecular complexity index is 1200. The Labute approximate surface area is 211 Å². The summed E-state index contributed by atoms with van der Waals surface area (Å²) in [4.78, 5) is 41.0. The summed E-state index contributed by atoms with van der Waals surface area (Å²) < 4.78 is 34.2. The average molecular weight is 545 g/mol. The van der Waals surface area contributed by atoms with Crippen LogP contribution in [0.5, 0.6) is 0 Å². The van der Waals surface area contributed by atoms with Crippen LogP contribution < -0.4 is 10.5 Å². The van der Waals surface area contributed by atoms with Crippen molar-refractivity contribution in [3.63, 3.8) is 0 Å². The van der Waals surface area contributed by atoms with Gasteiger partial charge in [-0.3, -0.25) is 4.79 Å². The molecular formula is C21H25ClN4O9S. The van der Waals surface area contributed by atoms with E-state index in [4.69, 9.17) is 25.9 Å². The molecule has 1 fully saturated rings. The number of nitrogens with one attached hydrogen (secondary N) is 1. The number of carbonyl (C=O) groups excluding carboxylic acids is 2. The van der Waals surface area contributed by atoms with Crippen LogP contribution in [0, 0.1) is 16.0 Å². The van der Waals surface area contributed by atoms with Gasteiger partial charge in [-0.25, -0.2) is 18.4 Å². The highest BCUT2D eigenvalue weighted by molar-refractivity contribution is 7.89. The van der Waals surface area contributed by atoms with E-state index in [1.165, 1.54) is 17.2 Å². The van der Waals surface area contributed by atoms with Crippen LogP contribution in [-0.2, 0) is 30.9 Å². The van der Waals surface area contributed by atoms with Gasteiger partial charge in [0.2, 0.25) is 10.0 Å². The Morgan fingerprint density at radius 1 is 1.31 bits per heavy atom. The molecule has 0 atom stereocenters. The molecule has 0 aliphatic carbocycles. The molecule has 2 heterocycles. The van der Waals surface area contributed by atoms with Crippen molar-refractivity contribution in [3.8, 4) is 0 Å². The molecule has 0 spiro atoms. The van der Waals surface area contributed by atoms with Gasteiger partial charge < -0.3 is 24.2 Å². The number of amides is 1. The van der Waals surface area contributed by atoms with Crippen LogP contribution in [0.3, 0.4) is 0 Å². The molecule has 36 heavy (non-hydrogen) atoms. The molecule has 0 saturated carbocycles. The number of primary sulfonamides is 1. The lowest BCUT2D eigenvalue weighted by molar-refractivity contribution is -0.758. The summed E-state index contributed by atoms with van der Waals surface area (Å²) in [6.07, 6.45) is 3.25. The minimum atomic E-state index is -4.24. The highest BCUT2D eigenvalue weighted by atomic mass is 35.5. The molecule has 1 aliphatic heterocycles. The second-order valence-electron chi connectivity index (χ2n) is 8.05. The second kappa shape index (κ2) is 12.1. The molecule has 1 amide bonds. The number of sulfonamides is 1. The maximum atomic E-state index is 12.8. The van der Waals surface area contributed by atoms with Crippen molar-refractivity contribution in [2.75, 3.05) is 31.6 Å². The normalized spacial score (nSPS) is 14.3. The number of anilines is 1. The number of esters is 1. The number of benzene rings is 1. The zero-order chi connectivity index (χ0) is 26.3. The molecule has 1 aliphatic rings. The second-order valence-corrected chi connectivity index (χ2v) is 9.99. The summed E-state index contributed by atoms with van der Waals surface area (Å²) in [7, 11) is -4.24. The molecule has 3 N–H and O–H groups in total. The van der Waals surface area contributed by atoms with Crippen molar-refractivity contribution in [2.24, 2.45) is 11.1 Å². The number of rotatable bonds is 11. The predicted octanol–water partition coefficient (Wildman–Crippen LogP) is 2.19. The van der Waals surface area contributed by atoms with Crippen LogP contribution in [0.1, 0.15) is 35.4 Å². The van der Waals surface area contributed by atoms with Crippen LogP contribution in [-0.4, -0.2) is 56.6 Å². The van der Waals surface area contributed by atoms with Crippen molar-refractivity contribution < 1.29 is 37.1 Å². The fourth-order valence-corrected chi connectivity index (χ4v) is 4.84. The van der Waals surface area contributed by atoms with Gasteiger partial charge in [-0.2, -0.15) is 0 Å². The fourth-order valence-electron chi connectivity index (χ4n) is 3.74. The van der Waals surface area contributed by atoms with E-state index in [1.807, 2.05) is 0 Å². The Kier molecular flexibility index (Phi) is 9.12. The number of furan rings is 1. The molecule has 196 valence electrons. The van der Waals surface area contributed by atoms with E-state index in [0.29, 0.717) is 38.1 Å². The Morgan fingerprint density at radius 2 is 2.03 bits per heavy atom. The summed E-state index contributed by atoms with van der Waals surface area (Å²) in [6.45, 7) is 0.427. The van der Waals surface area contributed by atoms with Crippen LogP contribution in [0.15, 0.2) is 39.8 Å². The number of hydrogen-bond acceptors (Lipinski definition) is 10. The number of carbonyl (C=O) groups is 2. The number of nitrogens with zero attached hydrogens (tertiary/aromatic N) is 2. The first-order valence-electron chi connectivity index (χ1n) is 10.9. The summed E-state index contributed by atoms with van der Waals surface area (Å²) in [5.74, 6) is -0.637. The third-order valence-corrected chi connectivity index (χ3v) is 7.02. The number of halogens is 1. The van der Waals surface area contributed by atoms with E-state index >= 15 is 0 Å². The summed E-state index contributed by atoms with van der Waals surface area (Å²) in [5, 5.41) is 17.3. The lowest BCUT2D eigenvalue weighted by Crippen LogP contribution is -2.41. The van der Waals surface area contributed by atoms with Crippen LogP contribution in [0.2, 0.25) is 5.02 Å². The average Bonchev–Trinajstić information content (AvgIpc) is 3.34. The van der Waals surface area contributed by atoms with E-state index in [9.17, 15) is 28.1 Å². The maximum Gasteiger partial charge on any atom is 0.340 e. The Morgan fingerprint density at radius 3 is 2.64 bits per heavy atom. The molecule has 1 aromatic heterocycles. The number of ether oxygens (including phenoxy) is 1. The van der Waals surface area contributed by atoms with Gasteiger partial charge in [0.05, 0.1) is 35.7 Å². The summed E-state index contributed by atoms with van der Waals surface area (Å²) in [6, 6.07) is 5.60. The van der Waals surface area contributed by atoms with E-state index in [0.717, 1.165) is 6.07 Å². The lowest BCUT2D eigenvalue weighted by Gasteiger charge is -2.31. The van der Waals surface area contributed by atoms with Crippen molar-refractivity contribution >= 4 is 39.2 Å². The number of likely N-dealkylation sites (tertiary alicyclic amines) is 1. The molecule has 1 aromatic carbocycles. The Hall–Kier alpha value is -3.36. The molecule has 2 aromatic rings. The third-order valence-electron chi connectivity index (χ3n) is 5.65. The standard InChI is InChI=1S/C21H25ClN4O9S/c22-17-11-18(24-12-15-2-1-8-33-15)16(10-19(17)36(23,31)32)21(28)34-13-20(27)25-6-3-14(4-7-25)5-9-35-26(29)30/h1-2,8,10-11,14,24H,3-7,9,12-13H2,(H2,23,31,32). The minimum Gasteiger partial charge on any atom is -0.467 e. The quantitative estimate of drug-likeness (QED) is 0.241. The molecule has 3 rings (SSSR count). The van der Waals surface area contributed by atoms with Crippen molar-refractivity contribution in [3.05, 3.63) is 57.0 Å². The zero-order valence-electron chi connectivity index (χ0n) is 19.1. The molecule has 1 saturated heterocycles. The molecule has 15 heteroatoms. The van der Waals surface area contributed by atoms with Crippen molar-refractivity contribution in [2.45, 2.75) is 30.7 Å². The molecular weight excluding hydrogens is 520 g/mol. The largest absolute Gasteiger partial charge is 0.467 e. The molecule has 0 unspecified atom stereocenters. The van der Waals surface area contributed by atoms with Gasteiger partial charge >= 0.3 is 5.97 Å². The van der Waals surface area contributed by atoms with E-state index < -0.39 is 38.5 Å². The highest BCUT2D eigenvalue weighted by Gasteiger charge is 2.26. The van der Waals surface area contributed by atoms with Gasteiger partial charge in [0.15, 0.2) is 6.61 Å². The van der Waals surface area contributed by atoms with Crippen LogP contribution in [0.25, 0.3) is 0 Å². The van der Waals surface area contributed by atoms with Crippen LogP contribution >= 0.6 is 11.6 Å². The van der Waals surface area contributed by atoms with E-state index in [-0.39, 0.29) is 35.3 Å². The number of piperidine rings is 1. The first-order valence-corrected chi connectivity index (χ1v) is 12.8. The monoisotopic (exact) mass is 544 g/mol. The van der Waals surface area contributed by atoms with Gasteiger partial charge in [-0.1, -0.05) is 11.6 Å². The molecule has 0 radical (unpaired) electrons. The topological polar surface area (TPSA) is 184 Å². The first-order chi connectivity index (χ1) is 17.0. The highest BCUT2D eigenvalue weighted by Crippen LogP contribution is 2.29. The third kappa shape index (κ3) is 7.57. The predicted molar refractivity (Wildman–Crippen MR) is 126 cm³/mol. The summed E-state index contributed by atoms with van der Waals surface area (Å²) >= 11 is 6.06. The minimum absolute atomic E-state index is 0.00111. The van der Waals surface area contributed by atoms with Gasteiger partial charge in [0.25, 0.3) is 11.0 Å². The first kappa shape index (κ1) is 27.2. The van der Waals surface area contributed by atoms with Crippen molar-refractivity contribution in [1.29, 1.82) is 0 Å². The Balaban J connectivity index is 1.62. The lowest BCUT2D eigenvalue weighted by atomic mass is 9.94. The van der Waals surface area contributed by atoms with Crippen molar-refractivity contribution in [1.82, 2.24) is 4.90 Å². The van der Waals surface area contributed by atoms with Gasteiger partial charge in [0.1, 0.15) is 10.7 Å². The van der Waals surface area contributed by atoms with E-state index in [1.54, 1.807) is 12.1 Å². The SMILES string of the molecule is NS(=O)(=O)c1cc(C(=O)OCC(=O)N2CCC(CCO[N+](=O)[O-])CC2)c(NCc2ccco2)cc1Cl. The molecule has 0 bridgehead atoms. The summed E-state index contributed by atoms with van der Waals surface area (Å²) in [5.41, 5.74) is -0.00807. The number of nitrogens with two attached hydrogens (primary N) is 1. The zero-order valence-corrected chi connectivity index (χ0v) is 20.6. The fraction of sp³-hybridized carbons (Fsp3) is 0.429. The molecule has 13 nitrogen and oxygen atoms in total. The number of hydrogen-bond donors (Lipinski definition) is 2. The van der Waals surface area contributed by atoms with E-state index in [2.05, 4.69) is 10.2 Å². The van der Waals surface area contributed by atoms with Gasteiger partial charge in [0, 0.05) is 13.1 Å². The van der Waals surface area contributed by atoms with Gasteiger partial charge in [-0.15, -0.1) is 10.1 Å². The van der Waals surface area contributed by atoms with Gasteiger partial charge in [-0.05, 0) is 49.4 Å². The maximum absolute atomic E-state index is 12.8. The smallest absolute Gasteiger partial charge is 0.340 e.